The summed E-state index contributed by atoms with van der Waals surface area (Å²) in [6.07, 6.45) is 4.98. The van der Waals surface area contributed by atoms with Gasteiger partial charge in [0, 0.05) is 12.8 Å². The maximum atomic E-state index is 5.98. The number of rotatable bonds is 1. The van der Waals surface area contributed by atoms with E-state index in [-0.39, 0.29) is 5.60 Å². The van der Waals surface area contributed by atoms with E-state index in [0.29, 0.717) is 11.0 Å². The molecule has 1 atom stereocenters. The predicted octanol–water partition coefficient (Wildman–Crippen LogP) is 3.15. The van der Waals surface area contributed by atoms with Gasteiger partial charge in [-0.3, -0.25) is 0 Å². The fourth-order valence-corrected chi connectivity index (χ4v) is 2.10. The highest BCUT2D eigenvalue weighted by Crippen LogP contribution is 2.33. The Bertz CT molecular complexity index is 366. The lowest BCUT2D eigenvalue weighted by Gasteiger charge is -2.32. The molecule has 0 amide bonds. The second kappa shape index (κ2) is 4.51. The monoisotopic (exact) mass is 338 g/mol. The van der Waals surface area contributed by atoms with Gasteiger partial charge < -0.3 is 4.74 Å². The summed E-state index contributed by atoms with van der Waals surface area (Å²) in [6.45, 7) is 2.81. The van der Waals surface area contributed by atoms with Crippen LogP contribution in [-0.2, 0) is 10.3 Å². The second-order valence-corrected chi connectivity index (χ2v) is 5.39. The minimum atomic E-state index is -0.355. The quantitative estimate of drug-likeness (QED) is 0.583. The van der Waals surface area contributed by atoms with E-state index in [1.165, 1.54) is 0 Å². The maximum absolute atomic E-state index is 5.98. The van der Waals surface area contributed by atoms with Gasteiger partial charge in [0.2, 0.25) is 0 Å². The summed E-state index contributed by atoms with van der Waals surface area (Å²) in [5.74, 6) is 0.701. The maximum Gasteiger partial charge on any atom is 0.161 e. The Morgan fingerprint density at radius 2 is 2.33 bits per heavy atom. The molecule has 0 aromatic carbocycles. The summed E-state index contributed by atoms with van der Waals surface area (Å²) in [4.78, 5) is 8.60. The molecule has 0 N–H and O–H groups in total. The van der Waals surface area contributed by atoms with Gasteiger partial charge in [0.15, 0.2) is 5.82 Å². The lowest BCUT2D eigenvalue weighted by Crippen LogP contribution is -2.32. The van der Waals surface area contributed by atoms with Crippen molar-refractivity contribution in [2.45, 2.75) is 31.8 Å². The van der Waals surface area contributed by atoms with Gasteiger partial charge in [0.25, 0.3) is 0 Å². The van der Waals surface area contributed by atoms with Crippen molar-refractivity contribution in [3.63, 3.8) is 0 Å². The molecule has 2 heterocycles. The van der Waals surface area contributed by atoms with Crippen molar-refractivity contribution in [2.24, 2.45) is 0 Å². The Hall–Kier alpha value is 0.0600. The van der Waals surface area contributed by atoms with Crippen LogP contribution in [0.3, 0.4) is 0 Å². The molecule has 1 aliphatic heterocycles. The molecular formula is C10H12ClIN2O. The standard InChI is InChI=1S/C10H12ClIN2O/c1-10(4-2-3-5-15-10)9-13-6-7(12)8(11)14-9/h6H,2-5H2,1H3. The number of aromatic nitrogens is 2. The van der Waals surface area contributed by atoms with Gasteiger partial charge in [-0.1, -0.05) is 11.6 Å². The molecule has 1 fully saturated rings. The predicted molar refractivity (Wildman–Crippen MR) is 66.9 cm³/mol. The highest BCUT2D eigenvalue weighted by atomic mass is 127. The van der Waals surface area contributed by atoms with Crippen molar-refractivity contribution in [1.29, 1.82) is 0 Å². The van der Waals surface area contributed by atoms with Gasteiger partial charge >= 0.3 is 0 Å². The molecule has 82 valence electrons. The van der Waals surface area contributed by atoms with Gasteiger partial charge in [0.1, 0.15) is 10.8 Å². The van der Waals surface area contributed by atoms with Crippen LogP contribution >= 0.6 is 34.2 Å². The van der Waals surface area contributed by atoms with E-state index < -0.39 is 0 Å². The number of ether oxygens (including phenoxy) is 1. The fourth-order valence-electron chi connectivity index (χ4n) is 1.71. The molecule has 1 aliphatic rings. The zero-order valence-electron chi connectivity index (χ0n) is 8.46. The Labute approximate surface area is 108 Å². The Morgan fingerprint density at radius 1 is 1.53 bits per heavy atom. The molecular weight excluding hydrogens is 326 g/mol. The molecule has 1 aromatic heterocycles. The van der Waals surface area contributed by atoms with E-state index in [9.17, 15) is 0 Å². The molecule has 1 unspecified atom stereocenters. The Kier molecular flexibility index (Phi) is 3.47. The minimum Gasteiger partial charge on any atom is -0.367 e. The first-order valence-corrected chi connectivity index (χ1v) is 6.40. The summed E-state index contributed by atoms with van der Waals surface area (Å²) in [5, 5.41) is 0.510. The highest BCUT2D eigenvalue weighted by molar-refractivity contribution is 14.1. The summed E-state index contributed by atoms with van der Waals surface area (Å²) < 4.78 is 6.63. The van der Waals surface area contributed by atoms with Crippen molar-refractivity contribution in [3.05, 3.63) is 20.7 Å². The average molecular weight is 339 g/mol. The molecule has 0 bridgehead atoms. The van der Waals surface area contributed by atoms with Crippen LogP contribution < -0.4 is 0 Å². The minimum absolute atomic E-state index is 0.355. The van der Waals surface area contributed by atoms with E-state index in [4.69, 9.17) is 16.3 Å². The normalized spacial score (nSPS) is 26.6. The largest absolute Gasteiger partial charge is 0.367 e. The van der Waals surface area contributed by atoms with Crippen LogP contribution in [0.4, 0.5) is 0 Å². The van der Waals surface area contributed by atoms with Crippen LogP contribution in [0.15, 0.2) is 6.20 Å². The SMILES string of the molecule is CC1(c2ncc(I)c(Cl)n2)CCCCO1. The number of halogens is 2. The third kappa shape index (κ3) is 2.42. The first-order chi connectivity index (χ1) is 7.12. The van der Waals surface area contributed by atoms with Crippen molar-refractivity contribution in [1.82, 2.24) is 9.97 Å². The van der Waals surface area contributed by atoms with Gasteiger partial charge in [-0.15, -0.1) is 0 Å². The van der Waals surface area contributed by atoms with Crippen LogP contribution in [0, 0.1) is 3.57 Å². The molecule has 3 nitrogen and oxygen atoms in total. The van der Waals surface area contributed by atoms with Crippen molar-refractivity contribution >= 4 is 34.2 Å². The van der Waals surface area contributed by atoms with Crippen molar-refractivity contribution in [3.8, 4) is 0 Å². The first kappa shape index (κ1) is 11.5. The number of hydrogen-bond donors (Lipinski definition) is 0. The van der Waals surface area contributed by atoms with Crippen molar-refractivity contribution < 1.29 is 4.74 Å². The second-order valence-electron chi connectivity index (χ2n) is 3.87. The van der Waals surface area contributed by atoms with Crippen LogP contribution in [0.1, 0.15) is 32.0 Å². The van der Waals surface area contributed by atoms with Crippen LogP contribution in [0.25, 0.3) is 0 Å². The van der Waals surface area contributed by atoms with Gasteiger partial charge in [-0.25, -0.2) is 9.97 Å². The van der Waals surface area contributed by atoms with E-state index in [1.807, 2.05) is 6.92 Å². The average Bonchev–Trinajstić information content (AvgIpc) is 2.23. The van der Waals surface area contributed by atoms with E-state index in [2.05, 4.69) is 32.6 Å². The van der Waals surface area contributed by atoms with Crippen LogP contribution in [0.2, 0.25) is 5.15 Å². The summed E-state index contributed by atoms with van der Waals surface area (Å²) >= 11 is 8.10. The Morgan fingerprint density at radius 3 is 2.93 bits per heavy atom. The zero-order chi connectivity index (χ0) is 10.9. The molecule has 2 rings (SSSR count). The fraction of sp³-hybridized carbons (Fsp3) is 0.600. The van der Waals surface area contributed by atoms with Crippen molar-refractivity contribution in [2.75, 3.05) is 6.61 Å². The lowest BCUT2D eigenvalue weighted by atomic mass is 9.95. The third-order valence-electron chi connectivity index (χ3n) is 2.64. The van der Waals surface area contributed by atoms with E-state index in [1.54, 1.807) is 6.20 Å². The molecule has 0 aliphatic carbocycles. The number of hydrogen-bond acceptors (Lipinski definition) is 3. The first-order valence-electron chi connectivity index (χ1n) is 4.94. The Balaban J connectivity index is 2.31. The topological polar surface area (TPSA) is 35.0 Å². The zero-order valence-corrected chi connectivity index (χ0v) is 11.4. The van der Waals surface area contributed by atoms with Gasteiger partial charge in [-0.2, -0.15) is 0 Å². The summed E-state index contributed by atoms with van der Waals surface area (Å²) in [5.41, 5.74) is -0.355. The lowest BCUT2D eigenvalue weighted by molar-refractivity contribution is -0.0760. The van der Waals surface area contributed by atoms with Crippen LogP contribution in [0.5, 0.6) is 0 Å². The van der Waals surface area contributed by atoms with Gasteiger partial charge in [-0.05, 0) is 48.8 Å². The van der Waals surface area contributed by atoms with E-state index in [0.717, 1.165) is 29.4 Å². The van der Waals surface area contributed by atoms with Crippen LogP contribution in [-0.4, -0.2) is 16.6 Å². The molecule has 0 saturated carbocycles. The molecule has 0 radical (unpaired) electrons. The summed E-state index contributed by atoms with van der Waals surface area (Å²) in [7, 11) is 0. The highest BCUT2D eigenvalue weighted by Gasteiger charge is 2.33. The number of nitrogens with zero attached hydrogens (tertiary/aromatic N) is 2. The molecule has 1 saturated heterocycles. The molecule has 5 heteroatoms. The molecule has 0 spiro atoms. The smallest absolute Gasteiger partial charge is 0.161 e. The summed E-state index contributed by atoms with van der Waals surface area (Å²) in [6, 6.07) is 0. The molecule has 1 aromatic rings. The van der Waals surface area contributed by atoms with E-state index >= 15 is 0 Å². The third-order valence-corrected chi connectivity index (χ3v) is 4.04. The molecule has 15 heavy (non-hydrogen) atoms. The van der Waals surface area contributed by atoms with Gasteiger partial charge in [0.05, 0.1) is 3.57 Å².